The summed E-state index contributed by atoms with van der Waals surface area (Å²) in [5, 5.41) is 0. The Morgan fingerprint density at radius 2 is 2.12 bits per heavy atom. The normalized spacial score (nSPS) is 23.5. The molecule has 1 aromatic carbocycles. The summed E-state index contributed by atoms with van der Waals surface area (Å²) in [6.45, 7) is 5.25. The standard InChI is InChI=1S/C20H28N2O3/c1-16-5-3-6-17(13-16)14-21-10-4-8-20(19(21)24)9-11-22(15-20)18(23)7-12-25-2/h3,5-6,13H,4,7-12,14-15H2,1-2H3/t20-/m0/s1. The summed E-state index contributed by atoms with van der Waals surface area (Å²) in [5.74, 6) is 0.324. The van der Waals surface area contributed by atoms with Crippen molar-refractivity contribution in [1.82, 2.24) is 9.80 Å². The molecule has 0 aromatic heterocycles. The lowest BCUT2D eigenvalue weighted by Crippen LogP contribution is -2.50. The number of hydrogen-bond donors (Lipinski definition) is 0. The molecular formula is C20H28N2O3. The van der Waals surface area contributed by atoms with Gasteiger partial charge in [-0.25, -0.2) is 0 Å². The molecule has 2 saturated heterocycles. The van der Waals surface area contributed by atoms with Gasteiger partial charge in [-0.2, -0.15) is 0 Å². The van der Waals surface area contributed by atoms with Crippen molar-refractivity contribution in [3.05, 3.63) is 35.4 Å². The van der Waals surface area contributed by atoms with Crippen LogP contribution in [0.2, 0.25) is 0 Å². The van der Waals surface area contributed by atoms with Crippen molar-refractivity contribution in [2.24, 2.45) is 5.41 Å². The summed E-state index contributed by atoms with van der Waals surface area (Å²) in [4.78, 5) is 29.3. The molecule has 0 N–H and O–H groups in total. The maximum absolute atomic E-state index is 13.2. The maximum atomic E-state index is 13.2. The van der Waals surface area contributed by atoms with E-state index in [-0.39, 0.29) is 17.2 Å². The predicted molar refractivity (Wildman–Crippen MR) is 96.0 cm³/mol. The van der Waals surface area contributed by atoms with Crippen LogP contribution in [0.25, 0.3) is 0 Å². The van der Waals surface area contributed by atoms with Crippen LogP contribution < -0.4 is 0 Å². The van der Waals surface area contributed by atoms with E-state index >= 15 is 0 Å². The summed E-state index contributed by atoms with van der Waals surface area (Å²) >= 11 is 0. The number of hydrogen-bond acceptors (Lipinski definition) is 3. The summed E-state index contributed by atoms with van der Waals surface area (Å²) in [6.07, 6.45) is 3.09. The van der Waals surface area contributed by atoms with E-state index in [1.165, 1.54) is 11.1 Å². The molecule has 1 atom stereocenters. The molecule has 0 radical (unpaired) electrons. The highest BCUT2D eigenvalue weighted by Gasteiger charge is 2.49. The topological polar surface area (TPSA) is 49.9 Å². The molecule has 2 amide bonds. The fourth-order valence-corrected chi connectivity index (χ4v) is 4.15. The minimum absolute atomic E-state index is 0.0994. The molecule has 0 aliphatic carbocycles. The molecule has 136 valence electrons. The second kappa shape index (κ2) is 7.56. The van der Waals surface area contributed by atoms with Gasteiger partial charge in [0.15, 0.2) is 0 Å². The van der Waals surface area contributed by atoms with E-state index < -0.39 is 0 Å². The van der Waals surface area contributed by atoms with Crippen LogP contribution in [0, 0.1) is 12.3 Å². The van der Waals surface area contributed by atoms with Gasteiger partial charge in [-0.05, 0) is 31.7 Å². The van der Waals surface area contributed by atoms with Crippen LogP contribution >= 0.6 is 0 Å². The van der Waals surface area contributed by atoms with Gasteiger partial charge in [-0.15, -0.1) is 0 Å². The Balaban J connectivity index is 1.67. The minimum atomic E-state index is -0.370. The van der Waals surface area contributed by atoms with E-state index in [0.717, 1.165) is 25.8 Å². The lowest BCUT2D eigenvalue weighted by molar-refractivity contribution is -0.146. The van der Waals surface area contributed by atoms with Crippen molar-refractivity contribution < 1.29 is 14.3 Å². The number of carbonyl (C=O) groups is 2. The molecule has 0 saturated carbocycles. The molecule has 1 spiro atoms. The van der Waals surface area contributed by atoms with Gasteiger partial charge in [-0.1, -0.05) is 29.8 Å². The van der Waals surface area contributed by atoms with Crippen LogP contribution in [0.4, 0.5) is 0 Å². The highest BCUT2D eigenvalue weighted by molar-refractivity contribution is 5.86. The van der Waals surface area contributed by atoms with Crippen LogP contribution in [-0.2, 0) is 20.9 Å². The lowest BCUT2D eigenvalue weighted by atomic mass is 9.78. The van der Waals surface area contributed by atoms with Gasteiger partial charge in [0.05, 0.1) is 18.4 Å². The third-order valence-corrected chi connectivity index (χ3v) is 5.51. The van der Waals surface area contributed by atoms with Gasteiger partial charge < -0.3 is 14.5 Å². The largest absolute Gasteiger partial charge is 0.384 e. The molecule has 2 fully saturated rings. The first-order chi connectivity index (χ1) is 12.0. The Hall–Kier alpha value is -1.88. The number of likely N-dealkylation sites (tertiary alicyclic amines) is 2. The van der Waals surface area contributed by atoms with Crippen LogP contribution in [0.1, 0.15) is 36.8 Å². The fraction of sp³-hybridized carbons (Fsp3) is 0.600. The number of carbonyl (C=O) groups excluding carboxylic acids is 2. The maximum Gasteiger partial charge on any atom is 0.230 e. The van der Waals surface area contributed by atoms with Crippen molar-refractivity contribution in [2.45, 2.75) is 39.2 Å². The molecule has 0 bridgehead atoms. The smallest absolute Gasteiger partial charge is 0.230 e. The zero-order valence-corrected chi connectivity index (χ0v) is 15.3. The average Bonchev–Trinajstić information content (AvgIpc) is 3.02. The summed E-state index contributed by atoms with van der Waals surface area (Å²) in [6, 6.07) is 8.34. The van der Waals surface area contributed by atoms with Crippen molar-refractivity contribution in [3.8, 4) is 0 Å². The van der Waals surface area contributed by atoms with Gasteiger partial charge in [-0.3, -0.25) is 9.59 Å². The van der Waals surface area contributed by atoms with E-state index in [1.807, 2.05) is 15.9 Å². The van der Waals surface area contributed by atoms with Crippen molar-refractivity contribution in [1.29, 1.82) is 0 Å². The fourth-order valence-electron chi connectivity index (χ4n) is 4.15. The monoisotopic (exact) mass is 344 g/mol. The Bertz CT molecular complexity index is 646. The van der Waals surface area contributed by atoms with Crippen LogP contribution in [-0.4, -0.2) is 55.0 Å². The highest BCUT2D eigenvalue weighted by Crippen LogP contribution is 2.40. The quantitative estimate of drug-likeness (QED) is 0.824. The Morgan fingerprint density at radius 3 is 2.88 bits per heavy atom. The number of rotatable bonds is 5. The molecule has 0 unspecified atom stereocenters. The zero-order chi connectivity index (χ0) is 17.9. The Kier molecular flexibility index (Phi) is 5.42. The lowest BCUT2D eigenvalue weighted by Gasteiger charge is -2.39. The summed E-state index contributed by atoms with van der Waals surface area (Å²) in [7, 11) is 1.60. The molecule has 2 aliphatic heterocycles. The second-order valence-corrected chi connectivity index (χ2v) is 7.41. The number of methoxy groups -OCH3 is 1. The third-order valence-electron chi connectivity index (χ3n) is 5.51. The average molecular weight is 344 g/mol. The Morgan fingerprint density at radius 1 is 1.28 bits per heavy atom. The van der Waals surface area contributed by atoms with Gasteiger partial charge >= 0.3 is 0 Å². The summed E-state index contributed by atoms with van der Waals surface area (Å²) < 4.78 is 5.00. The molecule has 2 aliphatic rings. The van der Waals surface area contributed by atoms with Crippen LogP contribution in [0.5, 0.6) is 0 Å². The van der Waals surface area contributed by atoms with Crippen molar-refractivity contribution in [3.63, 3.8) is 0 Å². The first-order valence-electron chi connectivity index (χ1n) is 9.16. The van der Waals surface area contributed by atoms with Gasteiger partial charge in [0, 0.05) is 33.3 Å². The number of nitrogens with zero attached hydrogens (tertiary/aromatic N) is 2. The number of piperidine rings is 1. The number of ether oxygens (including phenoxy) is 1. The van der Waals surface area contributed by atoms with Crippen molar-refractivity contribution >= 4 is 11.8 Å². The van der Waals surface area contributed by atoms with Crippen molar-refractivity contribution in [2.75, 3.05) is 33.4 Å². The predicted octanol–water partition coefficient (Wildman–Crippen LogP) is 2.37. The van der Waals surface area contributed by atoms with Gasteiger partial charge in [0.2, 0.25) is 11.8 Å². The first kappa shape index (κ1) is 17.9. The molecule has 25 heavy (non-hydrogen) atoms. The molecule has 2 heterocycles. The second-order valence-electron chi connectivity index (χ2n) is 7.41. The number of benzene rings is 1. The first-order valence-corrected chi connectivity index (χ1v) is 9.16. The van der Waals surface area contributed by atoms with Gasteiger partial charge in [0.1, 0.15) is 0 Å². The minimum Gasteiger partial charge on any atom is -0.384 e. The molecule has 3 rings (SSSR count). The molecular weight excluding hydrogens is 316 g/mol. The molecule has 5 heteroatoms. The SMILES string of the molecule is COCCC(=O)N1CC[C@@]2(CCCN(Cc3cccc(C)c3)C2=O)C1. The highest BCUT2D eigenvalue weighted by atomic mass is 16.5. The third kappa shape index (κ3) is 3.87. The van der Waals surface area contributed by atoms with E-state index in [4.69, 9.17) is 4.74 Å². The number of amides is 2. The van der Waals surface area contributed by atoms with Crippen LogP contribution in [0.3, 0.4) is 0 Å². The van der Waals surface area contributed by atoms with Crippen LogP contribution in [0.15, 0.2) is 24.3 Å². The van der Waals surface area contributed by atoms with E-state index in [2.05, 4.69) is 25.1 Å². The Labute approximate surface area is 149 Å². The van der Waals surface area contributed by atoms with E-state index in [9.17, 15) is 9.59 Å². The molecule has 5 nitrogen and oxygen atoms in total. The zero-order valence-electron chi connectivity index (χ0n) is 15.3. The summed E-state index contributed by atoms with van der Waals surface area (Å²) in [5.41, 5.74) is 2.02. The van der Waals surface area contributed by atoms with E-state index in [0.29, 0.717) is 32.7 Å². The number of aryl methyl sites for hydroxylation is 1. The van der Waals surface area contributed by atoms with E-state index in [1.54, 1.807) is 7.11 Å². The van der Waals surface area contributed by atoms with Gasteiger partial charge in [0.25, 0.3) is 0 Å². The molecule has 1 aromatic rings.